The lowest BCUT2D eigenvalue weighted by Crippen LogP contribution is -2.49. The number of aromatic amines is 1. The maximum atomic E-state index is 12.6. The Morgan fingerprint density at radius 3 is 2.88 bits per heavy atom. The Labute approximate surface area is 140 Å². The highest BCUT2D eigenvalue weighted by Gasteiger charge is 2.36. The fraction of sp³-hybridized carbons (Fsp3) is 0.688. The number of aliphatic hydroxyl groups excluding tert-OH is 1. The molecule has 24 heavy (non-hydrogen) atoms. The second-order valence-electron chi connectivity index (χ2n) is 6.48. The molecule has 1 aliphatic heterocycles. The first-order valence-electron chi connectivity index (χ1n) is 8.07. The van der Waals surface area contributed by atoms with E-state index < -0.39 is 11.2 Å². The van der Waals surface area contributed by atoms with Crippen molar-refractivity contribution in [2.24, 2.45) is 12.5 Å². The molecule has 0 saturated carbocycles. The Balaban J connectivity index is 2.11. The van der Waals surface area contributed by atoms with E-state index in [4.69, 9.17) is 4.74 Å². The molecule has 2 rings (SSSR count). The van der Waals surface area contributed by atoms with Crippen molar-refractivity contribution in [2.75, 3.05) is 33.4 Å². The first kappa shape index (κ1) is 18.4. The number of piperidine rings is 1. The Bertz CT molecular complexity index is 696. The summed E-state index contributed by atoms with van der Waals surface area (Å²) in [6.45, 7) is 1.59. The summed E-state index contributed by atoms with van der Waals surface area (Å²) in [4.78, 5) is 40.1. The van der Waals surface area contributed by atoms with Crippen LogP contribution < -0.4 is 11.2 Å². The number of aromatic nitrogens is 2. The smallest absolute Gasteiger partial charge is 0.328 e. The maximum absolute atomic E-state index is 12.6. The number of carbonyl (C=O) groups is 1. The number of ether oxygens (including phenoxy) is 1. The molecule has 2 N–H and O–H groups in total. The summed E-state index contributed by atoms with van der Waals surface area (Å²) in [6.07, 6.45) is 3.58. The fourth-order valence-electron chi connectivity index (χ4n) is 3.17. The molecular weight excluding hydrogens is 314 g/mol. The van der Waals surface area contributed by atoms with Gasteiger partial charge in [-0.05, 0) is 19.3 Å². The zero-order valence-electron chi connectivity index (χ0n) is 14.2. The van der Waals surface area contributed by atoms with Gasteiger partial charge in [-0.1, -0.05) is 0 Å². The van der Waals surface area contributed by atoms with Gasteiger partial charge in [-0.2, -0.15) is 0 Å². The number of rotatable bonds is 6. The molecule has 8 heteroatoms. The number of hydrogen-bond acceptors (Lipinski definition) is 5. The molecule has 1 atom stereocenters. The lowest BCUT2D eigenvalue weighted by molar-refractivity contribution is -0.135. The van der Waals surface area contributed by atoms with Crippen molar-refractivity contribution < 1.29 is 14.6 Å². The van der Waals surface area contributed by atoms with E-state index in [9.17, 15) is 19.5 Å². The first-order chi connectivity index (χ1) is 11.4. The molecule has 134 valence electrons. The fourth-order valence-corrected chi connectivity index (χ4v) is 3.17. The maximum Gasteiger partial charge on any atom is 0.328 e. The molecule has 0 bridgehead atoms. The number of likely N-dealkylation sites (tertiary alicyclic amines) is 1. The van der Waals surface area contributed by atoms with E-state index in [1.165, 1.54) is 13.2 Å². The number of methoxy groups -OCH3 is 1. The van der Waals surface area contributed by atoms with Crippen LogP contribution in [0.1, 0.15) is 24.8 Å². The van der Waals surface area contributed by atoms with Crippen LogP contribution in [-0.2, 0) is 23.0 Å². The third-order valence-corrected chi connectivity index (χ3v) is 4.78. The van der Waals surface area contributed by atoms with Crippen LogP contribution in [0, 0.1) is 5.41 Å². The van der Waals surface area contributed by atoms with Crippen LogP contribution in [0.15, 0.2) is 15.8 Å². The molecule has 1 aromatic rings. The Morgan fingerprint density at radius 2 is 2.21 bits per heavy atom. The van der Waals surface area contributed by atoms with Gasteiger partial charge < -0.3 is 19.7 Å². The molecule has 1 unspecified atom stereocenters. The zero-order chi connectivity index (χ0) is 17.7. The number of hydrogen-bond donors (Lipinski definition) is 2. The number of aliphatic hydroxyl groups is 1. The number of H-pyrrole nitrogens is 1. The molecule has 8 nitrogen and oxygen atoms in total. The Hall–Kier alpha value is -1.93. The highest BCUT2D eigenvalue weighted by Crippen LogP contribution is 2.33. The molecule has 1 aromatic heterocycles. The van der Waals surface area contributed by atoms with Gasteiger partial charge in [0.15, 0.2) is 0 Å². The molecule has 0 aliphatic carbocycles. The average Bonchev–Trinajstić information content (AvgIpc) is 2.60. The van der Waals surface area contributed by atoms with E-state index in [0.29, 0.717) is 26.1 Å². The van der Waals surface area contributed by atoms with Crippen LogP contribution >= 0.6 is 0 Å². The van der Waals surface area contributed by atoms with Crippen LogP contribution in [0.4, 0.5) is 0 Å². The van der Waals surface area contributed by atoms with Crippen LogP contribution in [0.5, 0.6) is 0 Å². The number of carbonyl (C=O) groups excluding carboxylic acids is 1. The van der Waals surface area contributed by atoms with E-state index in [2.05, 4.69) is 4.98 Å². The van der Waals surface area contributed by atoms with E-state index in [1.807, 2.05) is 0 Å². The van der Waals surface area contributed by atoms with Gasteiger partial charge in [0.05, 0.1) is 13.0 Å². The van der Waals surface area contributed by atoms with Crippen molar-refractivity contribution in [2.45, 2.75) is 25.7 Å². The largest absolute Gasteiger partial charge is 0.396 e. The summed E-state index contributed by atoms with van der Waals surface area (Å²) in [5.41, 5.74) is -1.05. The van der Waals surface area contributed by atoms with Gasteiger partial charge in [-0.3, -0.25) is 14.2 Å². The van der Waals surface area contributed by atoms with Gasteiger partial charge in [0.1, 0.15) is 0 Å². The van der Waals surface area contributed by atoms with E-state index >= 15 is 0 Å². The van der Waals surface area contributed by atoms with Gasteiger partial charge in [-0.15, -0.1) is 0 Å². The first-order valence-corrected chi connectivity index (χ1v) is 8.07. The highest BCUT2D eigenvalue weighted by molar-refractivity contribution is 5.78. The van der Waals surface area contributed by atoms with Crippen molar-refractivity contribution in [3.05, 3.63) is 32.6 Å². The SMILES string of the molecule is COCCC1(CO)CCCN(C(=O)Cc2c[nH]c(=O)n(C)c2=O)C1. The van der Waals surface area contributed by atoms with Gasteiger partial charge in [0.25, 0.3) is 5.56 Å². The molecule has 2 heterocycles. The van der Waals surface area contributed by atoms with Crippen molar-refractivity contribution in [3.8, 4) is 0 Å². The molecule has 1 saturated heterocycles. The standard InChI is InChI=1S/C16H25N3O5/c1-18-14(22)12(9-17-15(18)23)8-13(21)19-6-3-4-16(10-19,11-20)5-7-24-2/h9,20H,3-8,10-11H2,1-2H3,(H,17,23). The second kappa shape index (κ2) is 7.76. The minimum Gasteiger partial charge on any atom is -0.396 e. The minimum absolute atomic E-state index is 0.000558. The van der Waals surface area contributed by atoms with Gasteiger partial charge in [0, 0.05) is 51.0 Å². The van der Waals surface area contributed by atoms with Gasteiger partial charge in [0.2, 0.25) is 5.91 Å². The number of nitrogens with zero attached hydrogens (tertiary/aromatic N) is 2. The molecule has 1 fully saturated rings. The summed E-state index contributed by atoms with van der Waals surface area (Å²) in [6, 6.07) is 0. The monoisotopic (exact) mass is 339 g/mol. The summed E-state index contributed by atoms with van der Waals surface area (Å²) in [5.74, 6) is -0.172. The van der Waals surface area contributed by atoms with Crippen LogP contribution in [0.2, 0.25) is 0 Å². The van der Waals surface area contributed by atoms with Crippen molar-refractivity contribution >= 4 is 5.91 Å². The Kier molecular flexibility index (Phi) is 5.95. The summed E-state index contributed by atoms with van der Waals surface area (Å²) in [5, 5.41) is 9.78. The molecule has 1 amide bonds. The highest BCUT2D eigenvalue weighted by atomic mass is 16.5. The Morgan fingerprint density at radius 1 is 1.46 bits per heavy atom. The predicted octanol–water partition coefficient (Wildman–Crippen LogP) is -0.746. The van der Waals surface area contributed by atoms with Crippen molar-refractivity contribution in [3.63, 3.8) is 0 Å². The average molecular weight is 339 g/mol. The van der Waals surface area contributed by atoms with Crippen LogP contribution in [0.3, 0.4) is 0 Å². The lowest BCUT2D eigenvalue weighted by Gasteiger charge is -2.42. The van der Waals surface area contributed by atoms with E-state index in [-0.39, 0.29) is 29.9 Å². The summed E-state index contributed by atoms with van der Waals surface area (Å²) < 4.78 is 6.06. The number of amides is 1. The summed E-state index contributed by atoms with van der Waals surface area (Å²) >= 11 is 0. The van der Waals surface area contributed by atoms with Crippen molar-refractivity contribution in [1.82, 2.24) is 14.5 Å². The van der Waals surface area contributed by atoms with Crippen molar-refractivity contribution in [1.29, 1.82) is 0 Å². The summed E-state index contributed by atoms with van der Waals surface area (Å²) in [7, 11) is 2.99. The molecular formula is C16H25N3O5. The lowest BCUT2D eigenvalue weighted by atomic mass is 9.78. The van der Waals surface area contributed by atoms with Gasteiger partial charge in [-0.25, -0.2) is 4.79 Å². The topological polar surface area (TPSA) is 105 Å². The van der Waals surface area contributed by atoms with Crippen LogP contribution in [-0.4, -0.2) is 58.9 Å². The predicted molar refractivity (Wildman–Crippen MR) is 87.8 cm³/mol. The normalized spacial score (nSPS) is 21.0. The molecule has 0 spiro atoms. The van der Waals surface area contributed by atoms with Gasteiger partial charge >= 0.3 is 5.69 Å². The quantitative estimate of drug-likeness (QED) is 0.710. The second-order valence-corrected chi connectivity index (χ2v) is 6.48. The molecule has 0 aromatic carbocycles. The minimum atomic E-state index is -0.506. The third-order valence-electron chi connectivity index (χ3n) is 4.78. The number of nitrogens with one attached hydrogen (secondary N) is 1. The molecule has 1 aliphatic rings. The zero-order valence-corrected chi connectivity index (χ0v) is 14.2. The van der Waals surface area contributed by atoms with E-state index in [0.717, 1.165) is 17.4 Å². The molecule has 0 radical (unpaired) electrons. The van der Waals surface area contributed by atoms with E-state index in [1.54, 1.807) is 12.0 Å². The third kappa shape index (κ3) is 3.93. The van der Waals surface area contributed by atoms with Crippen LogP contribution in [0.25, 0.3) is 0 Å².